The molecule has 0 aliphatic carbocycles. The molecule has 0 aliphatic rings. The summed E-state index contributed by atoms with van der Waals surface area (Å²) in [6, 6.07) is 19.5. The van der Waals surface area contributed by atoms with Gasteiger partial charge in [-0.3, -0.25) is 9.59 Å². The van der Waals surface area contributed by atoms with Crippen LogP contribution in [0.1, 0.15) is 10.5 Å². The van der Waals surface area contributed by atoms with Crippen molar-refractivity contribution in [3.8, 4) is 16.9 Å². The quantitative estimate of drug-likeness (QED) is 0.319. The number of hydrogen-bond donors (Lipinski definition) is 1. The molecule has 7 heteroatoms. The van der Waals surface area contributed by atoms with Crippen molar-refractivity contribution in [3.63, 3.8) is 0 Å². The molecular weight excluding hydrogens is 423 g/mol. The number of amides is 1. The smallest absolute Gasteiger partial charge is 0.298 e. The van der Waals surface area contributed by atoms with Crippen LogP contribution in [0.5, 0.6) is 5.75 Å². The zero-order chi connectivity index (χ0) is 21.3. The summed E-state index contributed by atoms with van der Waals surface area (Å²) in [5.41, 5.74) is 2.75. The Morgan fingerprint density at radius 3 is 2.47 bits per heavy atom. The van der Waals surface area contributed by atoms with Gasteiger partial charge in [0.15, 0.2) is 0 Å². The van der Waals surface area contributed by atoms with Crippen molar-refractivity contribution in [1.29, 1.82) is 0 Å². The van der Waals surface area contributed by atoms with Gasteiger partial charge in [-0.1, -0.05) is 47.5 Å². The predicted octanol–water partition coefficient (Wildman–Crippen LogP) is 5.74. The van der Waals surface area contributed by atoms with Crippen molar-refractivity contribution < 1.29 is 14.3 Å². The van der Waals surface area contributed by atoms with E-state index < -0.39 is 11.7 Å². The van der Waals surface area contributed by atoms with Gasteiger partial charge in [0.05, 0.1) is 22.8 Å². The van der Waals surface area contributed by atoms with Crippen LogP contribution in [-0.4, -0.2) is 23.2 Å². The van der Waals surface area contributed by atoms with E-state index in [9.17, 15) is 9.59 Å². The number of benzene rings is 2. The van der Waals surface area contributed by atoms with E-state index in [-0.39, 0.29) is 21.4 Å². The molecule has 30 heavy (non-hydrogen) atoms. The zero-order valence-corrected chi connectivity index (χ0v) is 17.4. The summed E-state index contributed by atoms with van der Waals surface area (Å²) in [5, 5.41) is 3.03. The average Bonchev–Trinajstić information content (AvgIpc) is 3.16. The monoisotopic (exact) mass is 438 g/mol. The Morgan fingerprint density at radius 1 is 0.967 bits per heavy atom. The molecule has 0 spiro atoms. The maximum absolute atomic E-state index is 13.2. The largest absolute Gasteiger partial charge is 0.497 e. The van der Waals surface area contributed by atoms with Gasteiger partial charge in [0.2, 0.25) is 0 Å². The molecular formula is C23H16Cl2N2O3. The summed E-state index contributed by atoms with van der Waals surface area (Å²) < 4.78 is 6.90. The third-order valence-electron chi connectivity index (χ3n) is 4.70. The maximum Gasteiger partial charge on any atom is 0.298 e. The third kappa shape index (κ3) is 3.65. The normalized spacial score (nSPS) is 10.8. The number of ether oxygens (including phenoxy) is 1. The number of anilines is 1. The van der Waals surface area contributed by atoms with Gasteiger partial charge in [-0.25, -0.2) is 0 Å². The van der Waals surface area contributed by atoms with E-state index in [1.807, 2.05) is 30.3 Å². The van der Waals surface area contributed by atoms with Crippen LogP contribution in [-0.2, 0) is 4.79 Å². The number of fused-ring (bicyclic) bond motifs is 1. The molecule has 0 atom stereocenters. The highest BCUT2D eigenvalue weighted by molar-refractivity contribution is 6.49. The second kappa shape index (κ2) is 8.22. The molecule has 0 radical (unpaired) electrons. The Hall–Kier alpha value is -3.28. The second-order valence-corrected chi connectivity index (χ2v) is 7.30. The SMILES string of the molecule is COc1ccc(-c2cc3ccccn3c2C(=O)C(=O)Nc2cccc(Cl)c2Cl)cc1. The number of Topliss-reactive ketones (excluding diaryl/α,β-unsaturated/α-hetero) is 1. The molecule has 4 aromatic rings. The first-order chi connectivity index (χ1) is 14.5. The summed E-state index contributed by atoms with van der Waals surface area (Å²) >= 11 is 12.1. The highest BCUT2D eigenvalue weighted by Crippen LogP contribution is 2.32. The molecule has 2 aromatic heterocycles. The van der Waals surface area contributed by atoms with Gasteiger partial charge in [-0.15, -0.1) is 0 Å². The molecule has 1 amide bonds. The molecule has 0 aliphatic heterocycles. The van der Waals surface area contributed by atoms with Crippen LogP contribution in [0.15, 0.2) is 72.9 Å². The molecule has 150 valence electrons. The van der Waals surface area contributed by atoms with Crippen LogP contribution < -0.4 is 10.1 Å². The van der Waals surface area contributed by atoms with E-state index in [1.54, 1.807) is 54.1 Å². The van der Waals surface area contributed by atoms with Crippen molar-refractivity contribution in [2.75, 3.05) is 12.4 Å². The molecule has 4 rings (SSSR count). The Bertz CT molecular complexity index is 1260. The lowest BCUT2D eigenvalue weighted by Gasteiger charge is -2.10. The lowest BCUT2D eigenvalue weighted by molar-refractivity contribution is -0.112. The van der Waals surface area contributed by atoms with Crippen LogP contribution in [0.4, 0.5) is 5.69 Å². The molecule has 0 saturated heterocycles. The molecule has 0 saturated carbocycles. The van der Waals surface area contributed by atoms with Gasteiger partial charge in [-0.2, -0.15) is 0 Å². The lowest BCUT2D eigenvalue weighted by Crippen LogP contribution is -2.24. The second-order valence-electron chi connectivity index (χ2n) is 6.52. The summed E-state index contributed by atoms with van der Waals surface area (Å²) in [7, 11) is 1.59. The maximum atomic E-state index is 13.2. The molecule has 2 aromatic carbocycles. The summed E-state index contributed by atoms with van der Waals surface area (Å²) in [4.78, 5) is 26.0. The van der Waals surface area contributed by atoms with Gasteiger partial charge in [-0.05, 0) is 48.0 Å². The number of nitrogens with one attached hydrogen (secondary N) is 1. The van der Waals surface area contributed by atoms with Crippen molar-refractivity contribution in [3.05, 3.63) is 88.7 Å². The van der Waals surface area contributed by atoms with E-state index in [0.29, 0.717) is 11.3 Å². The standard InChI is InChI=1S/C23H16Cl2N2O3/c1-30-16-10-8-14(9-11-16)17-13-15-5-2-3-12-27(15)21(17)22(28)23(29)26-19-7-4-6-18(24)20(19)25/h2-13H,1H3,(H,26,29). The van der Waals surface area contributed by atoms with E-state index >= 15 is 0 Å². The first-order valence-electron chi connectivity index (χ1n) is 9.04. The highest BCUT2D eigenvalue weighted by Gasteiger charge is 2.25. The number of methoxy groups -OCH3 is 1. The fraction of sp³-hybridized carbons (Fsp3) is 0.0435. The number of aromatic nitrogens is 1. The fourth-order valence-corrected chi connectivity index (χ4v) is 3.58. The topological polar surface area (TPSA) is 59.8 Å². The number of rotatable bonds is 5. The number of nitrogens with zero attached hydrogens (tertiary/aromatic N) is 1. The van der Waals surface area contributed by atoms with Crippen LogP contribution >= 0.6 is 23.2 Å². The van der Waals surface area contributed by atoms with Crippen LogP contribution in [0.25, 0.3) is 16.6 Å². The Balaban J connectivity index is 1.77. The van der Waals surface area contributed by atoms with E-state index in [0.717, 1.165) is 11.1 Å². The molecule has 5 nitrogen and oxygen atoms in total. The van der Waals surface area contributed by atoms with Gasteiger partial charge in [0.25, 0.3) is 11.7 Å². The summed E-state index contributed by atoms with van der Waals surface area (Å²) in [6.07, 6.45) is 1.75. The van der Waals surface area contributed by atoms with Crippen molar-refractivity contribution >= 4 is 46.1 Å². The Labute approximate surface area is 182 Å². The van der Waals surface area contributed by atoms with Crippen LogP contribution in [0.2, 0.25) is 10.0 Å². The molecule has 0 fully saturated rings. The number of carbonyl (C=O) groups is 2. The van der Waals surface area contributed by atoms with E-state index in [4.69, 9.17) is 27.9 Å². The summed E-state index contributed by atoms with van der Waals surface area (Å²) in [6.45, 7) is 0. The third-order valence-corrected chi connectivity index (χ3v) is 5.52. The lowest BCUT2D eigenvalue weighted by atomic mass is 10.0. The fourth-order valence-electron chi connectivity index (χ4n) is 3.23. The minimum atomic E-state index is -0.808. The van der Waals surface area contributed by atoms with E-state index in [2.05, 4.69) is 5.32 Å². The Morgan fingerprint density at radius 2 is 1.73 bits per heavy atom. The predicted molar refractivity (Wildman–Crippen MR) is 119 cm³/mol. The Kier molecular flexibility index (Phi) is 5.48. The van der Waals surface area contributed by atoms with Crippen molar-refractivity contribution in [2.45, 2.75) is 0 Å². The highest BCUT2D eigenvalue weighted by atomic mass is 35.5. The molecule has 2 heterocycles. The van der Waals surface area contributed by atoms with E-state index in [1.165, 1.54) is 0 Å². The average molecular weight is 439 g/mol. The van der Waals surface area contributed by atoms with Gasteiger partial charge >= 0.3 is 0 Å². The molecule has 0 bridgehead atoms. The van der Waals surface area contributed by atoms with Crippen LogP contribution in [0.3, 0.4) is 0 Å². The first kappa shape index (κ1) is 20.0. The summed E-state index contributed by atoms with van der Waals surface area (Å²) in [5.74, 6) is -0.801. The minimum absolute atomic E-state index is 0.177. The molecule has 0 unspecified atom stereocenters. The van der Waals surface area contributed by atoms with Crippen molar-refractivity contribution in [2.24, 2.45) is 0 Å². The van der Waals surface area contributed by atoms with Gasteiger partial charge < -0.3 is 14.5 Å². The van der Waals surface area contributed by atoms with Gasteiger partial charge in [0, 0.05) is 17.3 Å². The number of carbonyl (C=O) groups excluding carboxylic acids is 2. The number of halogens is 2. The van der Waals surface area contributed by atoms with Crippen molar-refractivity contribution in [1.82, 2.24) is 4.40 Å². The zero-order valence-electron chi connectivity index (χ0n) is 15.9. The molecule has 1 N–H and O–H groups in total. The van der Waals surface area contributed by atoms with Crippen LogP contribution in [0, 0.1) is 0 Å². The first-order valence-corrected chi connectivity index (χ1v) is 9.79. The number of pyridine rings is 1. The van der Waals surface area contributed by atoms with Gasteiger partial charge in [0.1, 0.15) is 11.4 Å². The number of ketones is 1. The number of hydrogen-bond acceptors (Lipinski definition) is 3. The minimum Gasteiger partial charge on any atom is -0.497 e.